The fourth-order valence-electron chi connectivity index (χ4n) is 4.11. The zero-order valence-electron chi connectivity index (χ0n) is 17.4. The number of esters is 1. The first kappa shape index (κ1) is 21.0. The van der Waals surface area contributed by atoms with Gasteiger partial charge in [0.15, 0.2) is 0 Å². The van der Waals surface area contributed by atoms with Crippen molar-refractivity contribution in [1.29, 1.82) is 0 Å². The number of ether oxygens (including phenoxy) is 1. The lowest BCUT2D eigenvalue weighted by Gasteiger charge is -2.24. The van der Waals surface area contributed by atoms with Crippen molar-refractivity contribution in [3.8, 4) is 11.1 Å². The molecule has 0 bridgehead atoms. The van der Waals surface area contributed by atoms with Gasteiger partial charge in [-0.05, 0) is 55.1 Å². The minimum absolute atomic E-state index is 0.0160. The molecule has 4 rings (SSSR count). The highest BCUT2D eigenvalue weighted by Gasteiger charge is 2.26. The van der Waals surface area contributed by atoms with Gasteiger partial charge in [0.1, 0.15) is 11.9 Å². The number of aromatic nitrogens is 1. The largest absolute Gasteiger partial charge is 0.458 e. The van der Waals surface area contributed by atoms with E-state index < -0.39 is 18.2 Å². The Hall–Kier alpha value is -3.25. The van der Waals surface area contributed by atoms with Gasteiger partial charge >= 0.3 is 5.97 Å². The molecule has 0 radical (unpaired) electrons. The molecule has 31 heavy (non-hydrogen) atoms. The number of hydrogen-bond donors (Lipinski definition) is 1. The molecule has 0 saturated carbocycles. The third-order valence-corrected chi connectivity index (χ3v) is 5.47. The van der Waals surface area contributed by atoms with E-state index in [0.29, 0.717) is 17.5 Å². The first-order chi connectivity index (χ1) is 14.8. The number of fused-ring (bicyclic) bond motifs is 1. The Balaban J connectivity index is 1.97. The van der Waals surface area contributed by atoms with E-state index in [1.807, 2.05) is 32.0 Å². The van der Waals surface area contributed by atoms with Crippen LogP contribution in [0, 0.1) is 5.82 Å². The van der Waals surface area contributed by atoms with Crippen molar-refractivity contribution in [2.75, 3.05) is 0 Å². The van der Waals surface area contributed by atoms with Gasteiger partial charge < -0.3 is 14.4 Å². The van der Waals surface area contributed by atoms with E-state index >= 15 is 0 Å². The van der Waals surface area contributed by atoms with Crippen molar-refractivity contribution >= 4 is 22.8 Å². The summed E-state index contributed by atoms with van der Waals surface area (Å²) in [6.45, 7) is 3.85. The van der Waals surface area contributed by atoms with Crippen molar-refractivity contribution < 1.29 is 19.0 Å². The van der Waals surface area contributed by atoms with E-state index in [2.05, 4.69) is 0 Å². The van der Waals surface area contributed by atoms with Crippen LogP contribution in [0.3, 0.4) is 0 Å². The maximum Gasteiger partial charge on any atom is 0.309 e. The second-order valence-electron chi connectivity index (χ2n) is 8.06. The van der Waals surface area contributed by atoms with E-state index in [-0.39, 0.29) is 23.8 Å². The lowest BCUT2D eigenvalue weighted by molar-refractivity contribution is -0.156. The van der Waals surface area contributed by atoms with Crippen molar-refractivity contribution in [3.05, 3.63) is 76.5 Å². The van der Waals surface area contributed by atoms with E-state index in [1.165, 1.54) is 12.1 Å². The van der Waals surface area contributed by atoms with Crippen LogP contribution >= 0.6 is 0 Å². The van der Waals surface area contributed by atoms with Gasteiger partial charge in [-0.1, -0.05) is 30.3 Å². The van der Waals surface area contributed by atoms with Crippen LogP contribution in [-0.2, 0) is 9.53 Å². The Bertz CT molecular complexity index is 1210. The van der Waals surface area contributed by atoms with Gasteiger partial charge in [0.25, 0.3) is 5.56 Å². The molecule has 1 aliphatic rings. The van der Waals surface area contributed by atoms with Crippen molar-refractivity contribution in [1.82, 2.24) is 4.57 Å². The number of hydrogen-bond acceptors (Lipinski definition) is 4. The highest BCUT2D eigenvalue weighted by Crippen LogP contribution is 2.33. The normalized spacial score (nSPS) is 19.3. The van der Waals surface area contributed by atoms with Gasteiger partial charge in [-0.2, -0.15) is 0 Å². The fourth-order valence-corrected chi connectivity index (χ4v) is 4.11. The number of rotatable bonds is 4. The highest BCUT2D eigenvalue weighted by atomic mass is 19.1. The van der Waals surface area contributed by atoms with Gasteiger partial charge in [0.05, 0.1) is 18.2 Å². The molecule has 1 aromatic heterocycles. The average Bonchev–Trinajstić information content (AvgIpc) is 2.72. The Morgan fingerprint density at radius 3 is 2.42 bits per heavy atom. The Kier molecular flexibility index (Phi) is 5.74. The number of pyridine rings is 1. The molecular weight excluding hydrogens is 397 g/mol. The van der Waals surface area contributed by atoms with Gasteiger partial charge in [-0.25, -0.2) is 4.39 Å². The van der Waals surface area contributed by atoms with Crippen molar-refractivity contribution in [2.24, 2.45) is 0 Å². The molecule has 1 fully saturated rings. The second kappa shape index (κ2) is 8.47. The van der Waals surface area contributed by atoms with Crippen molar-refractivity contribution in [2.45, 2.75) is 44.9 Å². The van der Waals surface area contributed by atoms with E-state index in [4.69, 9.17) is 4.74 Å². The predicted molar refractivity (Wildman–Crippen MR) is 118 cm³/mol. The smallest absolute Gasteiger partial charge is 0.309 e. The molecule has 6 heteroatoms. The molecule has 160 valence electrons. The molecule has 0 amide bonds. The van der Waals surface area contributed by atoms with Crippen LogP contribution in [0.25, 0.3) is 28.0 Å². The molecule has 0 unspecified atom stereocenters. The molecule has 1 aliphatic heterocycles. The molecular formula is C25H24FNO4. The quantitative estimate of drug-likeness (QED) is 0.631. The molecule has 2 heterocycles. The number of aliphatic hydroxyl groups is 1. The monoisotopic (exact) mass is 421 g/mol. The number of cyclic esters (lactones) is 1. The maximum atomic E-state index is 13.6. The van der Waals surface area contributed by atoms with E-state index in [1.54, 1.807) is 34.9 Å². The van der Waals surface area contributed by atoms with E-state index in [9.17, 15) is 19.1 Å². The summed E-state index contributed by atoms with van der Waals surface area (Å²) in [6, 6.07) is 13.4. The number of halogens is 1. The summed E-state index contributed by atoms with van der Waals surface area (Å²) in [7, 11) is 0. The Morgan fingerprint density at radius 1 is 1.10 bits per heavy atom. The van der Waals surface area contributed by atoms with E-state index in [0.717, 1.165) is 16.5 Å². The van der Waals surface area contributed by atoms with Gasteiger partial charge in [-0.15, -0.1) is 0 Å². The van der Waals surface area contributed by atoms with Crippen LogP contribution in [0.1, 0.15) is 38.4 Å². The van der Waals surface area contributed by atoms with Crippen molar-refractivity contribution in [3.63, 3.8) is 0 Å². The SMILES string of the molecule is CC(C)n1c(/C=C/[C@@H]2C[C@@H](O)CC(=O)O2)c(-c2ccc(F)cc2)c2ccccc2c1=O. The van der Waals surface area contributed by atoms with Gasteiger partial charge in [-0.3, -0.25) is 9.59 Å². The third kappa shape index (κ3) is 4.16. The van der Waals surface area contributed by atoms with Crippen LogP contribution in [-0.4, -0.2) is 27.9 Å². The molecule has 5 nitrogen and oxygen atoms in total. The molecule has 3 aromatic rings. The number of aliphatic hydroxyl groups excluding tert-OH is 1. The van der Waals surface area contributed by atoms with Crippen LogP contribution < -0.4 is 5.56 Å². The third-order valence-electron chi connectivity index (χ3n) is 5.47. The van der Waals surface area contributed by atoms with Gasteiger partial charge in [0.2, 0.25) is 0 Å². The molecule has 0 aliphatic carbocycles. The standard InChI is InChI=1S/C25H24FNO4/c1-15(2)27-22(12-11-19-13-18(28)14-23(29)31-19)24(16-7-9-17(26)10-8-16)20-5-3-4-6-21(20)25(27)30/h3-12,15,18-19,28H,13-14H2,1-2H3/b12-11+/t18-,19-/m1/s1. The minimum atomic E-state index is -0.753. The Morgan fingerprint density at radius 2 is 1.77 bits per heavy atom. The van der Waals surface area contributed by atoms with Gasteiger partial charge in [0, 0.05) is 23.4 Å². The zero-order chi connectivity index (χ0) is 22.1. The highest BCUT2D eigenvalue weighted by molar-refractivity contribution is 5.99. The number of carbonyl (C=O) groups is 1. The van der Waals surface area contributed by atoms with Crippen LogP contribution in [0.15, 0.2) is 59.4 Å². The van der Waals surface area contributed by atoms with Crippen LogP contribution in [0.4, 0.5) is 4.39 Å². The predicted octanol–water partition coefficient (Wildman–Crippen LogP) is 4.47. The maximum absolute atomic E-state index is 13.6. The summed E-state index contributed by atoms with van der Waals surface area (Å²) in [5.74, 6) is -0.794. The summed E-state index contributed by atoms with van der Waals surface area (Å²) >= 11 is 0. The topological polar surface area (TPSA) is 68.5 Å². The first-order valence-corrected chi connectivity index (χ1v) is 10.3. The number of carbonyl (C=O) groups excluding carboxylic acids is 1. The van der Waals surface area contributed by atoms with Crippen LogP contribution in [0.2, 0.25) is 0 Å². The summed E-state index contributed by atoms with van der Waals surface area (Å²) in [6.07, 6.45) is 2.42. The fraction of sp³-hybridized carbons (Fsp3) is 0.280. The summed E-state index contributed by atoms with van der Waals surface area (Å²) in [5.41, 5.74) is 2.08. The number of nitrogens with zero attached hydrogens (tertiary/aromatic N) is 1. The molecule has 2 aromatic carbocycles. The zero-order valence-corrected chi connectivity index (χ0v) is 17.4. The first-order valence-electron chi connectivity index (χ1n) is 10.3. The second-order valence-corrected chi connectivity index (χ2v) is 8.06. The minimum Gasteiger partial charge on any atom is -0.458 e. The molecule has 0 spiro atoms. The number of benzene rings is 2. The summed E-state index contributed by atoms with van der Waals surface area (Å²) in [4.78, 5) is 25.0. The summed E-state index contributed by atoms with van der Waals surface area (Å²) < 4.78 is 20.6. The summed E-state index contributed by atoms with van der Waals surface area (Å²) in [5, 5.41) is 11.2. The molecule has 1 N–H and O–H groups in total. The Labute approximate surface area is 179 Å². The lowest BCUT2D eigenvalue weighted by atomic mass is 9.95. The molecule has 1 saturated heterocycles. The lowest BCUT2D eigenvalue weighted by Crippen LogP contribution is -2.31. The average molecular weight is 421 g/mol. The molecule has 2 atom stereocenters. The van der Waals surface area contributed by atoms with Crippen LogP contribution in [0.5, 0.6) is 0 Å².